The molecule has 1 fully saturated rings. The van der Waals surface area contributed by atoms with Crippen LogP contribution in [0.1, 0.15) is 33.9 Å². The summed E-state index contributed by atoms with van der Waals surface area (Å²) < 4.78 is 0. The molecule has 8 heteroatoms. The van der Waals surface area contributed by atoms with E-state index in [2.05, 4.69) is 34.1 Å². The van der Waals surface area contributed by atoms with Crippen LogP contribution in [-0.2, 0) is 13.1 Å². The van der Waals surface area contributed by atoms with Gasteiger partial charge < -0.3 is 10.6 Å². The Balaban J connectivity index is 0.00000169. The Morgan fingerprint density at radius 2 is 2.08 bits per heavy atom. The van der Waals surface area contributed by atoms with Crippen molar-refractivity contribution in [2.45, 2.75) is 32.0 Å². The topological polar surface area (TPSA) is 62.5 Å². The minimum Gasteiger partial charge on any atom is -0.336 e. The number of hydrogen-bond acceptors (Lipinski definition) is 5. The molecule has 0 radical (unpaired) electrons. The molecule has 0 aliphatic carbocycles. The Hall–Kier alpha value is -1.18. The van der Waals surface area contributed by atoms with Gasteiger partial charge in [0.2, 0.25) is 0 Å². The molecule has 1 aliphatic rings. The smallest absolute Gasteiger partial charge is 0.273 e. The molecule has 0 spiro atoms. The molecule has 1 aliphatic heterocycles. The molecule has 1 atom stereocenters. The molecular weight excluding hydrogens is 391 g/mol. The van der Waals surface area contributed by atoms with E-state index < -0.39 is 0 Å². The number of thiazole rings is 1. The van der Waals surface area contributed by atoms with Crippen molar-refractivity contribution in [2.24, 2.45) is 5.73 Å². The first-order valence-electron chi connectivity index (χ1n) is 8.35. The number of likely N-dealkylation sites (N-methyl/N-ethyl adjacent to an activating group) is 1. The number of carbonyl (C=O) groups excluding carboxylic acids is 1. The molecule has 0 bridgehead atoms. The lowest BCUT2D eigenvalue weighted by Gasteiger charge is -2.37. The largest absolute Gasteiger partial charge is 0.336 e. The first-order chi connectivity index (χ1) is 11.7. The summed E-state index contributed by atoms with van der Waals surface area (Å²) in [6, 6.07) is 10.7. The molecule has 2 heterocycles. The second-order valence-corrected chi connectivity index (χ2v) is 7.21. The van der Waals surface area contributed by atoms with E-state index in [-0.39, 0.29) is 36.8 Å². The van der Waals surface area contributed by atoms with Gasteiger partial charge in [0.1, 0.15) is 10.7 Å². The second kappa shape index (κ2) is 10.8. The van der Waals surface area contributed by atoms with Crippen molar-refractivity contribution in [1.82, 2.24) is 14.8 Å². The number of benzene rings is 1. The Labute approximate surface area is 171 Å². The maximum atomic E-state index is 12.6. The van der Waals surface area contributed by atoms with Crippen molar-refractivity contribution in [1.29, 1.82) is 0 Å². The number of hydrogen-bond donors (Lipinski definition) is 1. The normalized spacial score (nSPS) is 17.1. The quantitative estimate of drug-likeness (QED) is 0.812. The van der Waals surface area contributed by atoms with Gasteiger partial charge in [-0.15, -0.1) is 36.2 Å². The number of amides is 1. The standard InChI is InChI=1S/C18H24N4OS.2ClH/c1-21(18(23)16-13-24-17(10-19)20-16)15-8-5-9-22(12-15)11-14-6-3-2-4-7-14;;/h2-4,6-7,13,15H,5,8-12,19H2,1H3;2*1H. The highest BCUT2D eigenvalue weighted by Crippen LogP contribution is 2.19. The molecule has 1 unspecified atom stereocenters. The maximum Gasteiger partial charge on any atom is 0.273 e. The van der Waals surface area contributed by atoms with E-state index in [0.29, 0.717) is 12.2 Å². The zero-order valence-electron chi connectivity index (χ0n) is 14.8. The second-order valence-electron chi connectivity index (χ2n) is 6.26. The van der Waals surface area contributed by atoms with E-state index in [1.807, 2.05) is 23.4 Å². The average Bonchev–Trinajstić information content (AvgIpc) is 3.11. The third-order valence-electron chi connectivity index (χ3n) is 4.54. The monoisotopic (exact) mass is 416 g/mol. The van der Waals surface area contributed by atoms with Crippen LogP contribution in [-0.4, -0.2) is 46.9 Å². The van der Waals surface area contributed by atoms with Crippen molar-refractivity contribution in [2.75, 3.05) is 20.1 Å². The summed E-state index contributed by atoms with van der Waals surface area (Å²) in [5.41, 5.74) is 7.43. The molecule has 1 amide bonds. The fourth-order valence-corrected chi connectivity index (χ4v) is 3.83. The van der Waals surface area contributed by atoms with Gasteiger partial charge in [0.05, 0.1) is 0 Å². The highest BCUT2D eigenvalue weighted by molar-refractivity contribution is 7.09. The number of carbonyl (C=O) groups is 1. The lowest BCUT2D eigenvalue weighted by Crippen LogP contribution is -2.48. The van der Waals surface area contributed by atoms with E-state index >= 15 is 0 Å². The predicted molar refractivity (Wildman–Crippen MR) is 111 cm³/mol. The van der Waals surface area contributed by atoms with E-state index in [4.69, 9.17) is 5.73 Å². The van der Waals surface area contributed by atoms with Crippen LogP contribution in [0.15, 0.2) is 35.7 Å². The lowest BCUT2D eigenvalue weighted by molar-refractivity contribution is 0.0604. The van der Waals surface area contributed by atoms with Crippen LogP contribution < -0.4 is 5.73 Å². The minimum atomic E-state index is -0.00230. The highest BCUT2D eigenvalue weighted by Gasteiger charge is 2.27. The van der Waals surface area contributed by atoms with E-state index in [9.17, 15) is 4.79 Å². The SMILES string of the molecule is CN(C(=O)c1csc(CN)n1)C1CCCN(Cc2ccccc2)C1.Cl.Cl. The van der Waals surface area contributed by atoms with Crippen LogP contribution in [0, 0.1) is 0 Å². The van der Waals surface area contributed by atoms with Crippen molar-refractivity contribution < 1.29 is 4.79 Å². The number of likely N-dealkylation sites (tertiary alicyclic amines) is 1. The predicted octanol–water partition coefficient (Wildman–Crippen LogP) is 3.18. The van der Waals surface area contributed by atoms with Gasteiger partial charge in [-0.3, -0.25) is 9.69 Å². The minimum absolute atomic E-state index is 0. The molecular formula is C18H26Cl2N4OS. The lowest BCUT2D eigenvalue weighted by atomic mass is 10.0. The highest BCUT2D eigenvalue weighted by atomic mass is 35.5. The van der Waals surface area contributed by atoms with Gasteiger partial charge >= 0.3 is 0 Å². The fourth-order valence-electron chi connectivity index (χ4n) is 3.18. The molecule has 2 aromatic rings. The number of rotatable bonds is 5. The molecule has 1 aromatic carbocycles. The molecule has 3 rings (SSSR count). The third kappa shape index (κ3) is 5.66. The first-order valence-corrected chi connectivity index (χ1v) is 9.23. The number of piperidine rings is 1. The van der Waals surface area contributed by atoms with E-state index in [1.165, 1.54) is 16.9 Å². The summed E-state index contributed by atoms with van der Waals surface area (Å²) in [6.07, 6.45) is 2.15. The summed E-state index contributed by atoms with van der Waals surface area (Å²) in [6.45, 7) is 3.32. The summed E-state index contributed by atoms with van der Waals surface area (Å²) in [5.74, 6) is -0.00230. The average molecular weight is 417 g/mol. The number of nitrogens with two attached hydrogens (primary N) is 1. The van der Waals surface area contributed by atoms with Gasteiger partial charge in [-0.1, -0.05) is 30.3 Å². The van der Waals surface area contributed by atoms with Crippen molar-refractivity contribution in [3.8, 4) is 0 Å². The van der Waals surface area contributed by atoms with Crippen LogP contribution >= 0.6 is 36.2 Å². The maximum absolute atomic E-state index is 12.6. The molecule has 144 valence electrons. The van der Waals surface area contributed by atoms with Gasteiger partial charge in [0.15, 0.2) is 0 Å². The van der Waals surface area contributed by atoms with E-state index in [1.54, 1.807) is 0 Å². The van der Waals surface area contributed by atoms with Gasteiger partial charge in [0, 0.05) is 38.1 Å². The molecule has 1 saturated heterocycles. The van der Waals surface area contributed by atoms with Crippen LogP contribution in [0.5, 0.6) is 0 Å². The summed E-state index contributed by atoms with van der Waals surface area (Å²) in [7, 11) is 1.89. The Kier molecular flexibility index (Phi) is 9.54. The van der Waals surface area contributed by atoms with Gasteiger partial charge in [0.25, 0.3) is 5.91 Å². The van der Waals surface area contributed by atoms with Crippen LogP contribution in [0.3, 0.4) is 0 Å². The van der Waals surface area contributed by atoms with Gasteiger partial charge in [-0.05, 0) is 24.9 Å². The number of nitrogens with zero attached hydrogens (tertiary/aromatic N) is 3. The Morgan fingerprint density at radius 1 is 1.35 bits per heavy atom. The van der Waals surface area contributed by atoms with Crippen LogP contribution in [0.2, 0.25) is 0 Å². The van der Waals surface area contributed by atoms with Crippen molar-refractivity contribution >= 4 is 42.1 Å². The summed E-state index contributed by atoms with van der Waals surface area (Å²) in [4.78, 5) is 21.3. The fraction of sp³-hybridized carbons (Fsp3) is 0.444. The van der Waals surface area contributed by atoms with Crippen LogP contribution in [0.25, 0.3) is 0 Å². The van der Waals surface area contributed by atoms with Crippen LogP contribution in [0.4, 0.5) is 0 Å². The molecule has 5 nitrogen and oxygen atoms in total. The Bertz CT molecular complexity index is 683. The molecule has 0 saturated carbocycles. The third-order valence-corrected chi connectivity index (χ3v) is 5.41. The first kappa shape index (κ1) is 22.9. The van der Waals surface area contributed by atoms with Crippen molar-refractivity contribution in [3.63, 3.8) is 0 Å². The zero-order valence-corrected chi connectivity index (χ0v) is 17.3. The molecule has 1 aromatic heterocycles. The van der Waals surface area contributed by atoms with Crippen molar-refractivity contribution in [3.05, 3.63) is 52.0 Å². The van der Waals surface area contributed by atoms with Gasteiger partial charge in [-0.2, -0.15) is 0 Å². The van der Waals surface area contributed by atoms with Gasteiger partial charge in [-0.25, -0.2) is 4.98 Å². The summed E-state index contributed by atoms with van der Waals surface area (Å²) >= 11 is 1.45. The number of aromatic nitrogens is 1. The van der Waals surface area contributed by atoms with E-state index in [0.717, 1.165) is 37.5 Å². The summed E-state index contributed by atoms with van der Waals surface area (Å²) in [5, 5.41) is 2.62. The molecule has 26 heavy (non-hydrogen) atoms. The Morgan fingerprint density at radius 3 is 2.73 bits per heavy atom. The zero-order chi connectivity index (χ0) is 16.9. The number of halogens is 2. The molecule has 2 N–H and O–H groups in total.